The minimum atomic E-state index is -0.172. The molecular formula is C31H24N4O2. The molecule has 0 saturated carbocycles. The Hall–Kier alpha value is -4.94. The van der Waals surface area contributed by atoms with Gasteiger partial charge >= 0.3 is 0 Å². The van der Waals surface area contributed by atoms with Gasteiger partial charge in [0.2, 0.25) is 0 Å². The van der Waals surface area contributed by atoms with E-state index < -0.39 is 0 Å². The predicted octanol–water partition coefficient (Wildman–Crippen LogP) is 7.10. The molecule has 6 aromatic rings. The monoisotopic (exact) mass is 484 g/mol. The van der Waals surface area contributed by atoms with Crippen molar-refractivity contribution in [2.24, 2.45) is 5.73 Å². The maximum Gasteiger partial charge on any atom is 0.255 e. The second-order valence-corrected chi connectivity index (χ2v) is 8.77. The number of carbonyl (C=O) groups excluding carboxylic acids is 1. The molecule has 0 radical (unpaired) electrons. The fourth-order valence-electron chi connectivity index (χ4n) is 4.45. The summed E-state index contributed by atoms with van der Waals surface area (Å²) in [6.07, 6.45) is 1.78. The summed E-state index contributed by atoms with van der Waals surface area (Å²) in [6, 6.07) is 33.0. The van der Waals surface area contributed by atoms with Gasteiger partial charge in [-0.3, -0.25) is 9.78 Å². The Morgan fingerprint density at radius 1 is 0.784 bits per heavy atom. The fraction of sp³-hybridized carbons (Fsp3) is 0.0323. The number of rotatable bonds is 6. The molecular weight excluding hydrogens is 460 g/mol. The van der Waals surface area contributed by atoms with Crippen LogP contribution in [0.2, 0.25) is 0 Å². The van der Waals surface area contributed by atoms with Gasteiger partial charge in [0.15, 0.2) is 0 Å². The quantitative estimate of drug-likeness (QED) is 0.234. The molecule has 1 amide bonds. The second kappa shape index (κ2) is 9.60. The molecule has 180 valence electrons. The van der Waals surface area contributed by atoms with Crippen molar-refractivity contribution in [2.45, 2.75) is 6.54 Å². The highest BCUT2D eigenvalue weighted by atomic mass is 16.3. The summed E-state index contributed by atoms with van der Waals surface area (Å²) in [5.74, 6) is -0.172. The Morgan fingerprint density at radius 3 is 2.43 bits per heavy atom. The van der Waals surface area contributed by atoms with Crippen LogP contribution < -0.4 is 16.4 Å². The van der Waals surface area contributed by atoms with E-state index in [1.807, 2.05) is 78.9 Å². The largest absolute Gasteiger partial charge is 0.455 e. The number of aromatic nitrogens is 1. The lowest BCUT2D eigenvalue weighted by molar-refractivity contribution is 0.102. The van der Waals surface area contributed by atoms with Crippen molar-refractivity contribution in [1.82, 2.24) is 4.98 Å². The molecule has 0 saturated heterocycles. The van der Waals surface area contributed by atoms with Gasteiger partial charge in [-0.2, -0.15) is 0 Å². The van der Waals surface area contributed by atoms with E-state index in [0.717, 1.165) is 50.1 Å². The predicted molar refractivity (Wildman–Crippen MR) is 149 cm³/mol. The Bertz CT molecular complexity index is 1740. The summed E-state index contributed by atoms with van der Waals surface area (Å²) in [5.41, 5.74) is 13.1. The molecule has 0 aliphatic heterocycles. The van der Waals surface area contributed by atoms with Gasteiger partial charge in [-0.1, -0.05) is 42.5 Å². The number of nitrogens with two attached hydrogens (primary N) is 1. The lowest BCUT2D eigenvalue weighted by Crippen LogP contribution is -2.12. The van der Waals surface area contributed by atoms with Crippen LogP contribution in [0.1, 0.15) is 15.9 Å². The van der Waals surface area contributed by atoms with Crippen LogP contribution in [0.5, 0.6) is 0 Å². The number of hydrogen-bond acceptors (Lipinski definition) is 5. The van der Waals surface area contributed by atoms with E-state index in [2.05, 4.69) is 27.8 Å². The van der Waals surface area contributed by atoms with Crippen LogP contribution in [-0.4, -0.2) is 10.9 Å². The van der Waals surface area contributed by atoms with Crippen molar-refractivity contribution in [3.63, 3.8) is 0 Å². The first-order valence-electron chi connectivity index (χ1n) is 12.0. The molecule has 0 aliphatic carbocycles. The summed E-state index contributed by atoms with van der Waals surface area (Å²) in [7, 11) is 0. The standard InChI is InChI=1S/C31H24N4O2/c32-19-20-5-3-6-21(17-20)31(36)35-23-13-11-22(12-14-23)34-24-15-16-33-28(18-24)27-9-4-8-26-25-7-1-2-10-29(25)37-30(26)27/h1-18H,19,32H2,(H,33,34)(H,35,36). The third kappa shape index (κ3) is 4.53. The summed E-state index contributed by atoms with van der Waals surface area (Å²) >= 11 is 0. The van der Waals surface area contributed by atoms with Crippen molar-refractivity contribution in [1.29, 1.82) is 0 Å². The Kier molecular flexibility index (Phi) is 5.84. The van der Waals surface area contributed by atoms with Gasteiger partial charge in [0, 0.05) is 51.7 Å². The Morgan fingerprint density at radius 2 is 1.57 bits per heavy atom. The normalized spacial score (nSPS) is 11.1. The molecule has 0 bridgehead atoms. The lowest BCUT2D eigenvalue weighted by Gasteiger charge is -2.10. The number of pyridine rings is 1. The average molecular weight is 485 g/mol. The number of benzene rings is 4. The third-order valence-corrected chi connectivity index (χ3v) is 6.30. The Balaban J connectivity index is 1.21. The lowest BCUT2D eigenvalue weighted by atomic mass is 10.1. The molecule has 6 nitrogen and oxygen atoms in total. The molecule has 37 heavy (non-hydrogen) atoms. The van der Waals surface area contributed by atoms with Gasteiger partial charge in [-0.05, 0) is 66.2 Å². The number of nitrogens with zero attached hydrogens (tertiary/aromatic N) is 1. The van der Waals surface area contributed by atoms with Crippen LogP contribution >= 0.6 is 0 Å². The molecule has 2 heterocycles. The molecule has 4 N–H and O–H groups in total. The van der Waals surface area contributed by atoms with Gasteiger partial charge in [-0.25, -0.2) is 0 Å². The first kappa shape index (κ1) is 22.5. The number of furan rings is 1. The van der Waals surface area contributed by atoms with Gasteiger partial charge < -0.3 is 20.8 Å². The molecule has 2 aromatic heterocycles. The SMILES string of the molecule is NCc1cccc(C(=O)Nc2ccc(Nc3ccnc(-c4cccc5c4oc4ccccc45)c3)cc2)c1. The molecule has 6 heteroatoms. The second-order valence-electron chi connectivity index (χ2n) is 8.77. The molecule has 0 spiro atoms. The zero-order valence-corrected chi connectivity index (χ0v) is 19.9. The van der Waals surface area contributed by atoms with E-state index in [0.29, 0.717) is 17.8 Å². The summed E-state index contributed by atoms with van der Waals surface area (Å²) in [6.45, 7) is 0.394. The van der Waals surface area contributed by atoms with E-state index in [-0.39, 0.29) is 5.91 Å². The number of anilines is 3. The van der Waals surface area contributed by atoms with Gasteiger partial charge in [-0.15, -0.1) is 0 Å². The zero-order chi connectivity index (χ0) is 25.2. The van der Waals surface area contributed by atoms with Crippen LogP contribution in [0, 0.1) is 0 Å². The van der Waals surface area contributed by atoms with E-state index in [4.69, 9.17) is 10.2 Å². The van der Waals surface area contributed by atoms with Crippen molar-refractivity contribution >= 4 is 44.9 Å². The number of amides is 1. The van der Waals surface area contributed by atoms with Crippen molar-refractivity contribution in [2.75, 3.05) is 10.6 Å². The third-order valence-electron chi connectivity index (χ3n) is 6.30. The maximum atomic E-state index is 12.6. The number of nitrogens with one attached hydrogen (secondary N) is 2. The van der Waals surface area contributed by atoms with Crippen molar-refractivity contribution < 1.29 is 9.21 Å². The van der Waals surface area contributed by atoms with Gasteiger partial charge in [0.05, 0.1) is 5.69 Å². The highest BCUT2D eigenvalue weighted by Crippen LogP contribution is 2.35. The van der Waals surface area contributed by atoms with Crippen LogP contribution in [0.4, 0.5) is 17.1 Å². The molecule has 6 rings (SSSR count). The molecule has 0 aliphatic rings. The van der Waals surface area contributed by atoms with Crippen LogP contribution in [0.3, 0.4) is 0 Å². The highest BCUT2D eigenvalue weighted by molar-refractivity contribution is 6.09. The van der Waals surface area contributed by atoms with E-state index >= 15 is 0 Å². The smallest absolute Gasteiger partial charge is 0.255 e. The molecule has 0 unspecified atom stereocenters. The number of hydrogen-bond donors (Lipinski definition) is 3. The summed E-state index contributed by atoms with van der Waals surface area (Å²) < 4.78 is 6.18. The van der Waals surface area contributed by atoms with Crippen LogP contribution in [0.15, 0.2) is 114 Å². The van der Waals surface area contributed by atoms with Crippen molar-refractivity contribution in [3.05, 3.63) is 120 Å². The summed E-state index contributed by atoms with van der Waals surface area (Å²) in [4.78, 5) is 17.2. The molecule has 4 aromatic carbocycles. The van der Waals surface area contributed by atoms with Gasteiger partial charge in [0.25, 0.3) is 5.91 Å². The fourth-order valence-corrected chi connectivity index (χ4v) is 4.45. The van der Waals surface area contributed by atoms with Gasteiger partial charge in [0.1, 0.15) is 11.2 Å². The number of para-hydroxylation sites is 2. The van der Waals surface area contributed by atoms with E-state index in [1.54, 1.807) is 18.3 Å². The van der Waals surface area contributed by atoms with Crippen LogP contribution in [0.25, 0.3) is 33.2 Å². The maximum absolute atomic E-state index is 12.6. The van der Waals surface area contributed by atoms with Crippen LogP contribution in [-0.2, 0) is 6.54 Å². The first-order chi connectivity index (χ1) is 18.2. The molecule has 0 atom stereocenters. The average Bonchev–Trinajstić information content (AvgIpc) is 3.33. The minimum absolute atomic E-state index is 0.172. The summed E-state index contributed by atoms with van der Waals surface area (Å²) in [5, 5.41) is 8.51. The molecule has 0 fully saturated rings. The minimum Gasteiger partial charge on any atom is -0.455 e. The van der Waals surface area contributed by atoms with Crippen molar-refractivity contribution in [3.8, 4) is 11.3 Å². The van der Waals surface area contributed by atoms with E-state index in [1.165, 1.54) is 0 Å². The number of carbonyl (C=O) groups is 1. The zero-order valence-electron chi connectivity index (χ0n) is 19.9. The highest BCUT2D eigenvalue weighted by Gasteiger charge is 2.13. The topological polar surface area (TPSA) is 93.2 Å². The first-order valence-corrected chi connectivity index (χ1v) is 12.0. The number of fused-ring (bicyclic) bond motifs is 3. The Labute approximate surface area is 213 Å². The van der Waals surface area contributed by atoms with E-state index in [9.17, 15) is 4.79 Å².